The van der Waals surface area contributed by atoms with Crippen LogP contribution < -0.4 is 10.6 Å². The van der Waals surface area contributed by atoms with Gasteiger partial charge in [0.25, 0.3) is 0 Å². The average molecular weight is 323 g/mol. The summed E-state index contributed by atoms with van der Waals surface area (Å²) in [5, 5.41) is 23.2. The van der Waals surface area contributed by atoms with E-state index in [-0.39, 0.29) is 12.6 Å². The standard InChI is InChI=1S/C14H21N5O2S/c1-18(2)4-5-19-9-12(7-16-19)17-14(21)15-8-13(20)11-3-6-22-10-11/h3,6-7,9-10,13,20H,4-5,8H2,1-2H3,(H2,15,17,21). The number of nitrogens with one attached hydrogen (secondary N) is 2. The fourth-order valence-electron chi connectivity index (χ4n) is 1.80. The number of anilines is 1. The Balaban J connectivity index is 1.75. The third-order valence-electron chi connectivity index (χ3n) is 3.05. The molecule has 0 aliphatic heterocycles. The van der Waals surface area contributed by atoms with Gasteiger partial charge in [-0.3, -0.25) is 4.68 Å². The number of aromatic nitrogens is 2. The molecule has 0 saturated carbocycles. The number of urea groups is 1. The highest BCUT2D eigenvalue weighted by atomic mass is 32.1. The maximum absolute atomic E-state index is 11.8. The van der Waals surface area contributed by atoms with Crippen molar-refractivity contribution in [2.24, 2.45) is 0 Å². The Morgan fingerprint density at radius 3 is 3.05 bits per heavy atom. The van der Waals surface area contributed by atoms with E-state index in [1.807, 2.05) is 30.9 Å². The lowest BCUT2D eigenvalue weighted by molar-refractivity contribution is 0.175. The van der Waals surface area contributed by atoms with Gasteiger partial charge >= 0.3 is 6.03 Å². The summed E-state index contributed by atoms with van der Waals surface area (Å²) in [5.74, 6) is 0. The van der Waals surface area contributed by atoms with Crippen molar-refractivity contribution in [1.29, 1.82) is 0 Å². The first-order valence-corrected chi connectivity index (χ1v) is 7.91. The molecular weight excluding hydrogens is 302 g/mol. The summed E-state index contributed by atoms with van der Waals surface area (Å²) in [6.45, 7) is 1.80. The number of rotatable bonds is 7. The Morgan fingerprint density at radius 2 is 2.36 bits per heavy atom. The van der Waals surface area contributed by atoms with Gasteiger partial charge in [0.15, 0.2) is 0 Å². The number of aliphatic hydroxyl groups is 1. The van der Waals surface area contributed by atoms with Crippen LogP contribution in [-0.4, -0.2) is 53.0 Å². The van der Waals surface area contributed by atoms with Crippen molar-refractivity contribution in [1.82, 2.24) is 20.0 Å². The largest absolute Gasteiger partial charge is 0.387 e. The zero-order valence-electron chi connectivity index (χ0n) is 12.7. The summed E-state index contributed by atoms with van der Waals surface area (Å²) in [7, 11) is 3.99. The summed E-state index contributed by atoms with van der Waals surface area (Å²) in [6.07, 6.45) is 2.68. The molecule has 22 heavy (non-hydrogen) atoms. The van der Waals surface area contributed by atoms with E-state index >= 15 is 0 Å². The van der Waals surface area contributed by atoms with Crippen molar-refractivity contribution in [2.75, 3.05) is 32.5 Å². The molecule has 7 nitrogen and oxygen atoms in total. The highest BCUT2D eigenvalue weighted by Gasteiger charge is 2.10. The van der Waals surface area contributed by atoms with Crippen molar-refractivity contribution in [3.8, 4) is 0 Å². The molecule has 0 aliphatic rings. The summed E-state index contributed by atoms with van der Waals surface area (Å²) >= 11 is 1.51. The van der Waals surface area contributed by atoms with Gasteiger partial charge in [-0.2, -0.15) is 16.4 Å². The molecule has 0 fully saturated rings. The summed E-state index contributed by atoms with van der Waals surface area (Å²) < 4.78 is 1.77. The molecule has 2 heterocycles. The predicted molar refractivity (Wildman–Crippen MR) is 87.1 cm³/mol. The molecule has 0 saturated heterocycles. The van der Waals surface area contributed by atoms with Gasteiger partial charge < -0.3 is 20.6 Å². The van der Waals surface area contributed by atoms with Crippen LogP contribution in [0, 0.1) is 0 Å². The number of carbonyl (C=O) groups is 1. The lowest BCUT2D eigenvalue weighted by Gasteiger charge is -2.11. The number of amides is 2. The van der Waals surface area contributed by atoms with Crippen LogP contribution in [0.3, 0.4) is 0 Å². The van der Waals surface area contributed by atoms with Crippen LogP contribution in [-0.2, 0) is 6.54 Å². The molecular formula is C14H21N5O2S. The normalized spacial score (nSPS) is 12.4. The van der Waals surface area contributed by atoms with Gasteiger partial charge in [0.05, 0.1) is 24.5 Å². The lowest BCUT2D eigenvalue weighted by Crippen LogP contribution is -2.32. The van der Waals surface area contributed by atoms with E-state index in [0.29, 0.717) is 5.69 Å². The van der Waals surface area contributed by atoms with E-state index in [0.717, 1.165) is 18.7 Å². The number of aliphatic hydroxyl groups excluding tert-OH is 1. The monoisotopic (exact) mass is 323 g/mol. The van der Waals surface area contributed by atoms with Gasteiger partial charge in [0.2, 0.25) is 0 Å². The van der Waals surface area contributed by atoms with Gasteiger partial charge in [-0.15, -0.1) is 0 Å². The average Bonchev–Trinajstić information content (AvgIpc) is 3.14. The molecule has 3 N–H and O–H groups in total. The molecule has 0 aromatic carbocycles. The van der Waals surface area contributed by atoms with Crippen molar-refractivity contribution in [2.45, 2.75) is 12.6 Å². The minimum Gasteiger partial charge on any atom is -0.387 e. The van der Waals surface area contributed by atoms with Gasteiger partial charge in [0.1, 0.15) is 0 Å². The third-order valence-corrected chi connectivity index (χ3v) is 3.75. The topological polar surface area (TPSA) is 82.4 Å². The van der Waals surface area contributed by atoms with Gasteiger partial charge in [0, 0.05) is 19.3 Å². The Bertz CT molecular complexity index is 582. The Morgan fingerprint density at radius 1 is 1.55 bits per heavy atom. The van der Waals surface area contributed by atoms with Gasteiger partial charge in [-0.05, 0) is 36.5 Å². The molecule has 1 unspecified atom stereocenters. The second kappa shape index (κ2) is 7.92. The lowest BCUT2D eigenvalue weighted by atomic mass is 10.2. The van der Waals surface area contributed by atoms with E-state index in [1.165, 1.54) is 11.3 Å². The van der Waals surface area contributed by atoms with E-state index < -0.39 is 6.10 Å². The summed E-state index contributed by atoms with van der Waals surface area (Å²) in [6, 6.07) is 1.48. The van der Waals surface area contributed by atoms with E-state index in [9.17, 15) is 9.90 Å². The number of hydrogen-bond acceptors (Lipinski definition) is 5. The first-order chi connectivity index (χ1) is 10.5. The molecule has 0 bridgehead atoms. The van der Waals surface area contributed by atoms with E-state index in [2.05, 4.69) is 20.6 Å². The highest BCUT2D eigenvalue weighted by Crippen LogP contribution is 2.15. The maximum Gasteiger partial charge on any atom is 0.319 e. The first kappa shape index (κ1) is 16.5. The second-order valence-corrected chi connectivity index (χ2v) is 5.98. The summed E-state index contributed by atoms with van der Waals surface area (Å²) in [5.41, 5.74) is 1.43. The molecule has 2 rings (SSSR count). The number of thiophene rings is 1. The van der Waals surface area contributed by atoms with Crippen LogP contribution in [0.25, 0.3) is 0 Å². The van der Waals surface area contributed by atoms with E-state index in [1.54, 1.807) is 17.1 Å². The SMILES string of the molecule is CN(C)CCn1cc(NC(=O)NCC(O)c2ccsc2)cn1. The molecule has 0 spiro atoms. The Labute approximate surface area is 133 Å². The Hall–Kier alpha value is -1.90. The minimum absolute atomic E-state index is 0.164. The molecule has 2 aromatic heterocycles. The minimum atomic E-state index is -0.695. The Kier molecular flexibility index (Phi) is 5.93. The number of hydrogen-bond donors (Lipinski definition) is 3. The van der Waals surface area contributed by atoms with Gasteiger partial charge in [-0.1, -0.05) is 0 Å². The van der Waals surface area contributed by atoms with Crippen LogP contribution in [0.4, 0.5) is 10.5 Å². The number of nitrogens with zero attached hydrogens (tertiary/aromatic N) is 3. The van der Waals surface area contributed by atoms with E-state index in [4.69, 9.17) is 0 Å². The predicted octanol–water partition coefficient (Wildman–Crippen LogP) is 1.36. The highest BCUT2D eigenvalue weighted by molar-refractivity contribution is 7.07. The van der Waals surface area contributed by atoms with Crippen LogP contribution >= 0.6 is 11.3 Å². The quantitative estimate of drug-likeness (QED) is 0.718. The third kappa shape index (κ3) is 5.14. The molecule has 2 amide bonds. The zero-order valence-corrected chi connectivity index (χ0v) is 13.5. The van der Waals surface area contributed by atoms with Crippen molar-refractivity contribution in [3.05, 3.63) is 34.8 Å². The van der Waals surface area contributed by atoms with Crippen molar-refractivity contribution >= 4 is 23.1 Å². The van der Waals surface area contributed by atoms with Crippen LogP contribution in [0.15, 0.2) is 29.2 Å². The second-order valence-electron chi connectivity index (χ2n) is 5.20. The number of carbonyl (C=O) groups excluding carboxylic acids is 1. The van der Waals surface area contributed by atoms with Crippen LogP contribution in [0.2, 0.25) is 0 Å². The molecule has 8 heteroatoms. The van der Waals surface area contributed by atoms with Crippen molar-refractivity contribution in [3.63, 3.8) is 0 Å². The van der Waals surface area contributed by atoms with Crippen molar-refractivity contribution < 1.29 is 9.90 Å². The summed E-state index contributed by atoms with van der Waals surface area (Å²) in [4.78, 5) is 13.8. The molecule has 0 aliphatic carbocycles. The maximum atomic E-state index is 11.8. The molecule has 120 valence electrons. The van der Waals surface area contributed by atoms with Gasteiger partial charge in [-0.25, -0.2) is 4.79 Å². The fourth-order valence-corrected chi connectivity index (χ4v) is 2.51. The molecule has 1 atom stereocenters. The number of likely N-dealkylation sites (N-methyl/N-ethyl adjacent to an activating group) is 1. The first-order valence-electron chi connectivity index (χ1n) is 6.97. The van der Waals surface area contributed by atoms with Crippen LogP contribution in [0.1, 0.15) is 11.7 Å². The van der Waals surface area contributed by atoms with Crippen LogP contribution in [0.5, 0.6) is 0 Å². The molecule has 2 aromatic rings. The smallest absolute Gasteiger partial charge is 0.319 e. The fraction of sp³-hybridized carbons (Fsp3) is 0.429. The zero-order chi connectivity index (χ0) is 15.9. The molecule has 0 radical (unpaired) electrons.